The Kier molecular flexibility index (Phi) is 5.25. The van der Waals surface area contributed by atoms with Crippen LogP contribution in [0, 0.1) is 16.6 Å². The molecule has 2 aromatic rings. The van der Waals surface area contributed by atoms with Gasteiger partial charge in [-0.2, -0.15) is 0 Å². The van der Waals surface area contributed by atoms with Crippen LogP contribution < -0.4 is 10.6 Å². The zero-order chi connectivity index (χ0) is 19.6. The number of hydrogen-bond acceptors (Lipinski definition) is 5. The Hall–Kier alpha value is -3.42. The number of nitrogens with one attached hydrogen (secondary N) is 2. The number of amidine groups is 2. The van der Waals surface area contributed by atoms with Crippen LogP contribution in [0.3, 0.4) is 0 Å². The van der Waals surface area contributed by atoms with Gasteiger partial charge in [0.1, 0.15) is 23.2 Å². The van der Waals surface area contributed by atoms with Gasteiger partial charge in [0.05, 0.1) is 11.3 Å². The first-order chi connectivity index (χ1) is 12.1. The van der Waals surface area contributed by atoms with E-state index >= 15 is 0 Å². The fraction of sp³-hybridized carbons (Fsp3) is 0.167. The molecule has 2 aromatic carbocycles. The number of nitrogens with zero attached hydrogens (tertiary/aromatic N) is 1. The van der Waals surface area contributed by atoms with Gasteiger partial charge in [-0.25, -0.2) is 4.39 Å². The van der Waals surface area contributed by atoms with Crippen molar-refractivity contribution in [2.45, 2.75) is 19.8 Å². The maximum absolute atomic E-state index is 14.2. The number of primary amides is 1. The number of aromatic hydroxyl groups is 2. The predicted octanol–water partition coefficient (Wildman–Crippen LogP) is 2.65. The molecule has 1 amide bonds. The third-order valence-corrected chi connectivity index (χ3v) is 3.80. The van der Waals surface area contributed by atoms with Crippen LogP contribution in [0.2, 0.25) is 0 Å². The molecule has 0 fully saturated rings. The van der Waals surface area contributed by atoms with Crippen molar-refractivity contribution in [3.05, 3.63) is 53.3 Å². The van der Waals surface area contributed by atoms with E-state index in [2.05, 4.69) is 0 Å². The molecule has 0 saturated carbocycles. The van der Waals surface area contributed by atoms with Gasteiger partial charge >= 0.3 is 0 Å². The maximum Gasteiger partial charge on any atom is 0.284 e. The van der Waals surface area contributed by atoms with Crippen LogP contribution in [0.4, 0.5) is 10.1 Å². The Morgan fingerprint density at radius 3 is 2.31 bits per heavy atom. The Morgan fingerprint density at radius 2 is 1.77 bits per heavy atom. The van der Waals surface area contributed by atoms with E-state index in [0.717, 1.165) is 12.1 Å². The number of carbonyl (C=O) groups is 1. The Labute approximate surface area is 149 Å². The number of phenolic OH excluding ortho intramolecular Hbond substituents is 2. The second-order valence-electron chi connectivity index (χ2n) is 5.93. The molecule has 0 radical (unpaired) electrons. The van der Waals surface area contributed by atoms with Gasteiger partial charge < -0.3 is 15.9 Å². The van der Waals surface area contributed by atoms with Crippen LogP contribution in [0.25, 0.3) is 0 Å². The van der Waals surface area contributed by atoms with Gasteiger partial charge in [0.25, 0.3) is 5.91 Å². The second-order valence-corrected chi connectivity index (χ2v) is 5.93. The number of hydrogen-bond donors (Lipinski definition) is 5. The van der Waals surface area contributed by atoms with Crippen LogP contribution in [0.5, 0.6) is 11.5 Å². The molecule has 0 aromatic heterocycles. The van der Waals surface area contributed by atoms with E-state index in [4.69, 9.17) is 16.6 Å². The van der Waals surface area contributed by atoms with Crippen molar-refractivity contribution in [1.82, 2.24) is 0 Å². The zero-order valence-electron chi connectivity index (χ0n) is 14.2. The smallest absolute Gasteiger partial charge is 0.284 e. The number of anilines is 1. The lowest BCUT2D eigenvalue weighted by Crippen LogP contribution is -2.44. The predicted molar refractivity (Wildman–Crippen MR) is 96.5 cm³/mol. The molecule has 0 aliphatic heterocycles. The number of benzene rings is 2. The van der Waals surface area contributed by atoms with E-state index in [1.807, 2.05) is 0 Å². The molecule has 0 unspecified atom stereocenters. The van der Waals surface area contributed by atoms with Gasteiger partial charge in [-0.05, 0) is 29.7 Å². The van der Waals surface area contributed by atoms with Gasteiger partial charge in [-0.3, -0.25) is 20.5 Å². The molecule has 8 heteroatoms. The highest BCUT2D eigenvalue weighted by molar-refractivity contribution is 6.47. The minimum Gasteiger partial charge on any atom is -0.508 e. The van der Waals surface area contributed by atoms with Gasteiger partial charge in [-0.1, -0.05) is 26.0 Å². The standard InChI is InChI=1S/C18H19FN4O3/c1-9(2)10-7-11(15(25)8-14(10)24)16(20)23(17(21)18(22)26)13-6-4-3-5-12(13)19/h3-9,20-21,24-25H,1-2H3,(H2,22,26). The van der Waals surface area contributed by atoms with Crippen molar-refractivity contribution >= 4 is 23.3 Å². The largest absolute Gasteiger partial charge is 0.508 e. The van der Waals surface area contributed by atoms with Crippen molar-refractivity contribution in [3.8, 4) is 11.5 Å². The minimum atomic E-state index is -1.17. The molecule has 0 aliphatic rings. The minimum absolute atomic E-state index is 0.0826. The number of rotatable bonds is 3. The summed E-state index contributed by atoms with van der Waals surface area (Å²) in [4.78, 5) is 12.2. The highest BCUT2D eigenvalue weighted by atomic mass is 19.1. The van der Waals surface area contributed by atoms with Gasteiger partial charge in [0.15, 0.2) is 5.84 Å². The van der Waals surface area contributed by atoms with E-state index in [-0.39, 0.29) is 22.9 Å². The lowest BCUT2D eigenvalue weighted by atomic mass is 9.98. The normalized spacial score (nSPS) is 10.6. The van der Waals surface area contributed by atoms with Gasteiger partial charge in [0, 0.05) is 6.07 Å². The average Bonchev–Trinajstić information content (AvgIpc) is 2.56. The Bertz CT molecular complexity index is 896. The van der Waals surface area contributed by atoms with Crippen LogP contribution >= 0.6 is 0 Å². The van der Waals surface area contributed by atoms with Crippen LogP contribution in [0.1, 0.15) is 30.9 Å². The third-order valence-electron chi connectivity index (χ3n) is 3.80. The molecule has 26 heavy (non-hydrogen) atoms. The number of nitrogens with two attached hydrogens (primary N) is 1. The Morgan fingerprint density at radius 1 is 1.15 bits per heavy atom. The monoisotopic (exact) mass is 358 g/mol. The topological polar surface area (TPSA) is 134 Å². The quantitative estimate of drug-likeness (QED) is 0.426. The molecular weight excluding hydrogens is 339 g/mol. The van der Waals surface area contributed by atoms with Crippen LogP contribution in [-0.4, -0.2) is 27.8 Å². The van der Waals surface area contributed by atoms with Crippen LogP contribution in [-0.2, 0) is 4.79 Å². The molecule has 6 N–H and O–H groups in total. The highest BCUT2D eigenvalue weighted by Crippen LogP contribution is 2.34. The molecule has 0 bridgehead atoms. The van der Waals surface area contributed by atoms with Gasteiger partial charge in [0.2, 0.25) is 0 Å². The van der Waals surface area contributed by atoms with Gasteiger partial charge in [-0.15, -0.1) is 0 Å². The van der Waals surface area contributed by atoms with Crippen molar-refractivity contribution < 1.29 is 19.4 Å². The first-order valence-corrected chi connectivity index (χ1v) is 7.73. The molecule has 2 rings (SSSR count). The molecule has 0 aliphatic carbocycles. The molecule has 0 spiro atoms. The van der Waals surface area contributed by atoms with Crippen molar-refractivity contribution in [2.75, 3.05) is 4.90 Å². The highest BCUT2D eigenvalue weighted by Gasteiger charge is 2.27. The number of halogens is 1. The first-order valence-electron chi connectivity index (χ1n) is 7.73. The molecule has 7 nitrogen and oxygen atoms in total. The van der Waals surface area contributed by atoms with E-state index in [9.17, 15) is 19.4 Å². The summed E-state index contributed by atoms with van der Waals surface area (Å²) in [6.45, 7) is 3.61. The summed E-state index contributed by atoms with van der Waals surface area (Å²) in [6, 6.07) is 7.71. The summed E-state index contributed by atoms with van der Waals surface area (Å²) < 4.78 is 14.2. The van der Waals surface area contributed by atoms with E-state index in [0.29, 0.717) is 10.5 Å². The van der Waals surface area contributed by atoms with Crippen LogP contribution in [0.15, 0.2) is 36.4 Å². The summed E-state index contributed by atoms with van der Waals surface area (Å²) in [6.07, 6.45) is 0. The third kappa shape index (κ3) is 3.49. The Balaban J connectivity index is 2.65. The fourth-order valence-electron chi connectivity index (χ4n) is 2.46. The van der Waals surface area contributed by atoms with E-state index in [1.165, 1.54) is 24.3 Å². The summed E-state index contributed by atoms with van der Waals surface area (Å²) in [5.74, 6) is -4.03. The SMILES string of the molecule is CC(C)c1cc(C(=N)N(C(=N)C(N)=O)c2ccccc2F)c(O)cc1O. The fourth-order valence-corrected chi connectivity index (χ4v) is 2.46. The zero-order valence-corrected chi connectivity index (χ0v) is 14.2. The lowest BCUT2D eigenvalue weighted by Gasteiger charge is -2.25. The summed E-state index contributed by atoms with van der Waals surface area (Å²) in [5.41, 5.74) is 5.28. The van der Waals surface area contributed by atoms with E-state index in [1.54, 1.807) is 13.8 Å². The van der Waals surface area contributed by atoms with Crippen molar-refractivity contribution in [3.63, 3.8) is 0 Å². The number of carbonyl (C=O) groups excluding carboxylic acids is 1. The molecule has 0 heterocycles. The van der Waals surface area contributed by atoms with Crippen molar-refractivity contribution in [1.29, 1.82) is 10.8 Å². The number of para-hydroxylation sites is 1. The lowest BCUT2D eigenvalue weighted by molar-refractivity contribution is -0.112. The average molecular weight is 358 g/mol. The molecular formula is C18H19FN4O3. The number of phenols is 2. The molecule has 0 atom stereocenters. The maximum atomic E-state index is 14.2. The summed E-state index contributed by atoms with van der Waals surface area (Å²) in [7, 11) is 0. The molecule has 136 valence electrons. The summed E-state index contributed by atoms with van der Waals surface area (Å²) in [5, 5.41) is 36.3. The van der Waals surface area contributed by atoms with E-state index < -0.39 is 29.1 Å². The molecule has 0 saturated heterocycles. The second kappa shape index (κ2) is 7.22. The summed E-state index contributed by atoms with van der Waals surface area (Å²) >= 11 is 0. The van der Waals surface area contributed by atoms with Crippen molar-refractivity contribution in [2.24, 2.45) is 5.73 Å². The number of amides is 1. The first kappa shape index (κ1) is 18.9.